The number of aliphatic hydroxyl groups is 1. The molecule has 0 aliphatic rings. The van der Waals surface area contributed by atoms with Gasteiger partial charge in [-0.05, 0) is 35.2 Å². The van der Waals surface area contributed by atoms with Crippen molar-refractivity contribution < 1.29 is 14.6 Å². The predicted molar refractivity (Wildman–Crippen MR) is 92.0 cm³/mol. The lowest BCUT2D eigenvalue weighted by molar-refractivity contribution is 0.243. The summed E-state index contributed by atoms with van der Waals surface area (Å²) in [5.74, 6) is 1.42. The van der Waals surface area contributed by atoms with Crippen molar-refractivity contribution in [2.45, 2.75) is 25.9 Å². The predicted octanol–water partition coefficient (Wildman–Crippen LogP) is 3.09. The molecule has 2 aromatic carbocycles. The van der Waals surface area contributed by atoms with E-state index in [4.69, 9.17) is 9.47 Å². The number of aryl methyl sites for hydroxylation is 1. The third-order valence-electron chi connectivity index (χ3n) is 3.97. The number of nitrogens with one attached hydrogen (secondary N) is 1. The molecule has 124 valence electrons. The fourth-order valence-electron chi connectivity index (χ4n) is 2.51. The fourth-order valence-corrected chi connectivity index (χ4v) is 2.51. The highest BCUT2D eigenvalue weighted by Gasteiger charge is 2.11. The summed E-state index contributed by atoms with van der Waals surface area (Å²) in [6, 6.07) is 14.1. The van der Waals surface area contributed by atoms with Gasteiger partial charge in [-0.2, -0.15) is 0 Å². The molecule has 0 spiro atoms. The van der Waals surface area contributed by atoms with Crippen LogP contribution in [0.2, 0.25) is 0 Å². The van der Waals surface area contributed by atoms with E-state index in [1.807, 2.05) is 18.2 Å². The molecule has 0 aliphatic carbocycles. The Morgan fingerprint density at radius 3 is 2.17 bits per heavy atom. The molecule has 4 nitrogen and oxygen atoms in total. The highest BCUT2D eigenvalue weighted by atomic mass is 16.5. The maximum atomic E-state index is 9.66. The lowest BCUT2D eigenvalue weighted by Crippen LogP contribution is -2.24. The van der Waals surface area contributed by atoms with E-state index in [9.17, 15) is 5.11 Å². The van der Waals surface area contributed by atoms with E-state index < -0.39 is 0 Å². The van der Waals surface area contributed by atoms with Crippen LogP contribution in [-0.2, 0) is 13.0 Å². The van der Waals surface area contributed by atoms with Crippen LogP contribution < -0.4 is 14.8 Å². The Labute approximate surface area is 138 Å². The van der Waals surface area contributed by atoms with E-state index in [1.54, 1.807) is 14.2 Å². The van der Waals surface area contributed by atoms with Gasteiger partial charge in [0.1, 0.15) is 0 Å². The summed E-state index contributed by atoms with van der Waals surface area (Å²) in [4.78, 5) is 0. The van der Waals surface area contributed by atoms with E-state index in [0.29, 0.717) is 18.0 Å². The zero-order valence-electron chi connectivity index (χ0n) is 14.0. The van der Waals surface area contributed by atoms with Crippen LogP contribution in [0.25, 0.3) is 0 Å². The second-order valence-electron chi connectivity index (χ2n) is 5.40. The first-order valence-electron chi connectivity index (χ1n) is 7.85. The van der Waals surface area contributed by atoms with Crippen molar-refractivity contribution in [2.75, 3.05) is 20.8 Å². The van der Waals surface area contributed by atoms with Crippen LogP contribution >= 0.6 is 0 Å². The van der Waals surface area contributed by atoms with Crippen LogP contribution in [0.1, 0.15) is 29.7 Å². The maximum Gasteiger partial charge on any atom is 0.161 e. The molecule has 0 aliphatic heterocycles. The molecule has 0 saturated heterocycles. The van der Waals surface area contributed by atoms with E-state index in [1.165, 1.54) is 5.56 Å². The Bertz CT molecular complexity index is 611. The van der Waals surface area contributed by atoms with Gasteiger partial charge in [0.2, 0.25) is 0 Å². The minimum atomic E-state index is -0.0889. The van der Waals surface area contributed by atoms with Crippen molar-refractivity contribution in [3.63, 3.8) is 0 Å². The number of rotatable bonds is 8. The van der Waals surface area contributed by atoms with Gasteiger partial charge in [-0.25, -0.2) is 0 Å². The Morgan fingerprint density at radius 2 is 1.61 bits per heavy atom. The number of hydrogen-bond donors (Lipinski definition) is 2. The lowest BCUT2D eigenvalue weighted by atomic mass is 10.0. The van der Waals surface area contributed by atoms with Crippen molar-refractivity contribution in [3.05, 3.63) is 59.2 Å². The molecule has 2 rings (SSSR count). The number of aliphatic hydroxyl groups excluding tert-OH is 1. The van der Waals surface area contributed by atoms with Gasteiger partial charge < -0.3 is 19.9 Å². The number of hydrogen-bond acceptors (Lipinski definition) is 4. The summed E-state index contributed by atoms with van der Waals surface area (Å²) < 4.78 is 10.6. The molecule has 0 amide bonds. The van der Waals surface area contributed by atoms with E-state index in [0.717, 1.165) is 17.5 Å². The fraction of sp³-hybridized carbons (Fsp3) is 0.368. The van der Waals surface area contributed by atoms with Crippen LogP contribution in [0, 0.1) is 0 Å². The summed E-state index contributed by atoms with van der Waals surface area (Å²) in [7, 11) is 3.25. The summed E-state index contributed by atoms with van der Waals surface area (Å²) in [5.41, 5.74) is 3.46. The molecule has 0 heterocycles. The summed E-state index contributed by atoms with van der Waals surface area (Å²) in [6.07, 6.45) is 1.02. The van der Waals surface area contributed by atoms with Crippen LogP contribution in [-0.4, -0.2) is 25.9 Å². The number of methoxy groups -OCH3 is 2. The first-order valence-corrected chi connectivity index (χ1v) is 7.85. The monoisotopic (exact) mass is 315 g/mol. The number of ether oxygens (including phenoxy) is 2. The highest BCUT2D eigenvalue weighted by Crippen LogP contribution is 2.27. The van der Waals surface area contributed by atoms with Gasteiger partial charge in [0.05, 0.1) is 26.9 Å². The summed E-state index contributed by atoms with van der Waals surface area (Å²) in [6.45, 7) is 2.83. The lowest BCUT2D eigenvalue weighted by Gasteiger charge is -2.18. The molecular weight excluding hydrogens is 290 g/mol. The van der Waals surface area contributed by atoms with Crippen LogP contribution in [0.3, 0.4) is 0 Å². The topological polar surface area (TPSA) is 50.7 Å². The largest absolute Gasteiger partial charge is 0.493 e. The molecule has 23 heavy (non-hydrogen) atoms. The van der Waals surface area contributed by atoms with E-state index >= 15 is 0 Å². The zero-order valence-corrected chi connectivity index (χ0v) is 14.0. The smallest absolute Gasteiger partial charge is 0.161 e. The minimum absolute atomic E-state index is 0.0543. The van der Waals surface area contributed by atoms with Gasteiger partial charge in [0.25, 0.3) is 0 Å². The first-order chi connectivity index (χ1) is 11.2. The van der Waals surface area contributed by atoms with Crippen molar-refractivity contribution in [2.24, 2.45) is 0 Å². The average molecular weight is 315 g/mol. The second-order valence-corrected chi connectivity index (χ2v) is 5.40. The third kappa shape index (κ3) is 4.47. The highest BCUT2D eigenvalue weighted by molar-refractivity contribution is 5.42. The van der Waals surface area contributed by atoms with Crippen molar-refractivity contribution in [1.82, 2.24) is 5.32 Å². The van der Waals surface area contributed by atoms with E-state index in [2.05, 4.69) is 36.5 Å². The van der Waals surface area contributed by atoms with Gasteiger partial charge in [-0.15, -0.1) is 0 Å². The van der Waals surface area contributed by atoms with Crippen molar-refractivity contribution >= 4 is 0 Å². The van der Waals surface area contributed by atoms with Gasteiger partial charge in [0, 0.05) is 6.54 Å². The zero-order chi connectivity index (χ0) is 16.7. The standard InChI is InChI=1S/C19H25NO3/c1-4-14-5-8-16(9-6-14)17(13-21)20-12-15-7-10-18(22-2)19(11-15)23-3/h5-11,17,20-21H,4,12-13H2,1-3H3. The summed E-state index contributed by atoms with van der Waals surface area (Å²) in [5, 5.41) is 13.0. The van der Waals surface area contributed by atoms with Gasteiger partial charge in [-0.1, -0.05) is 37.3 Å². The molecule has 0 radical (unpaired) electrons. The van der Waals surface area contributed by atoms with Crippen LogP contribution in [0.15, 0.2) is 42.5 Å². The van der Waals surface area contributed by atoms with Crippen molar-refractivity contribution in [3.8, 4) is 11.5 Å². The van der Waals surface area contributed by atoms with Gasteiger partial charge in [0.15, 0.2) is 11.5 Å². The Hall–Kier alpha value is -2.04. The average Bonchev–Trinajstić information content (AvgIpc) is 2.62. The Balaban J connectivity index is 2.04. The molecule has 4 heteroatoms. The third-order valence-corrected chi connectivity index (χ3v) is 3.97. The molecule has 0 saturated carbocycles. The van der Waals surface area contributed by atoms with E-state index in [-0.39, 0.29) is 12.6 Å². The van der Waals surface area contributed by atoms with Crippen LogP contribution in [0.4, 0.5) is 0 Å². The molecule has 1 atom stereocenters. The quantitative estimate of drug-likeness (QED) is 0.786. The SMILES string of the molecule is CCc1ccc(C(CO)NCc2ccc(OC)c(OC)c2)cc1. The Morgan fingerprint density at radius 1 is 0.957 bits per heavy atom. The summed E-state index contributed by atoms with van der Waals surface area (Å²) >= 11 is 0. The molecule has 0 aromatic heterocycles. The van der Waals surface area contributed by atoms with Gasteiger partial charge >= 0.3 is 0 Å². The molecule has 0 fully saturated rings. The maximum absolute atomic E-state index is 9.66. The second kappa shape index (κ2) is 8.56. The minimum Gasteiger partial charge on any atom is -0.493 e. The van der Waals surface area contributed by atoms with Crippen molar-refractivity contribution in [1.29, 1.82) is 0 Å². The number of benzene rings is 2. The van der Waals surface area contributed by atoms with Crippen LogP contribution in [0.5, 0.6) is 11.5 Å². The molecular formula is C19H25NO3. The molecule has 0 bridgehead atoms. The molecule has 1 unspecified atom stereocenters. The van der Waals surface area contributed by atoms with Gasteiger partial charge in [-0.3, -0.25) is 0 Å². The normalized spacial score (nSPS) is 12.0. The molecule has 2 aromatic rings. The Kier molecular flexibility index (Phi) is 6.44. The molecule has 2 N–H and O–H groups in total. The first kappa shape index (κ1) is 17.3.